The van der Waals surface area contributed by atoms with Gasteiger partial charge in [0.2, 0.25) is 0 Å². The molecule has 1 saturated heterocycles. The average molecular weight is 340 g/mol. The van der Waals surface area contributed by atoms with Crippen LogP contribution in [0.4, 0.5) is 4.79 Å². The third kappa shape index (κ3) is 3.42. The summed E-state index contributed by atoms with van der Waals surface area (Å²) in [5.74, 6) is 6.18. The molecule has 26 heavy (non-hydrogen) atoms. The summed E-state index contributed by atoms with van der Waals surface area (Å²) in [6.45, 7) is 0. The molecule has 2 atom stereocenters. The quantitative estimate of drug-likeness (QED) is 0.717. The van der Waals surface area contributed by atoms with E-state index in [0.29, 0.717) is 5.69 Å². The summed E-state index contributed by atoms with van der Waals surface area (Å²) < 4.78 is 5.46. The van der Waals surface area contributed by atoms with Crippen LogP contribution in [0, 0.1) is 11.8 Å². The number of carbonyl (C=O) groups excluding carboxylic acids is 1. The summed E-state index contributed by atoms with van der Waals surface area (Å²) in [5, 5.41) is 2.85. The van der Waals surface area contributed by atoms with Crippen molar-refractivity contribution in [2.24, 2.45) is 0 Å². The Balaban J connectivity index is 1.63. The van der Waals surface area contributed by atoms with Crippen molar-refractivity contribution in [3.63, 3.8) is 0 Å². The molecule has 2 heterocycles. The van der Waals surface area contributed by atoms with Gasteiger partial charge in [0.25, 0.3) is 0 Å². The Morgan fingerprint density at radius 3 is 2.35 bits per heavy atom. The lowest BCUT2D eigenvalue weighted by Gasteiger charge is -2.16. The first kappa shape index (κ1) is 15.9. The van der Waals surface area contributed by atoms with Crippen molar-refractivity contribution in [2.45, 2.75) is 12.1 Å². The van der Waals surface area contributed by atoms with Gasteiger partial charge in [-0.15, -0.1) is 0 Å². The highest BCUT2D eigenvalue weighted by atomic mass is 16.6. The number of hydrogen-bond acceptors (Lipinski definition) is 3. The van der Waals surface area contributed by atoms with Gasteiger partial charge in [-0.2, -0.15) is 0 Å². The number of amides is 1. The van der Waals surface area contributed by atoms with Crippen LogP contribution in [0.1, 0.15) is 34.7 Å². The maximum Gasteiger partial charge on any atom is 0.408 e. The molecular formula is C22H16N2O2. The van der Waals surface area contributed by atoms with E-state index in [9.17, 15) is 4.79 Å². The molecule has 2 aromatic carbocycles. The molecule has 126 valence electrons. The molecule has 0 saturated carbocycles. The highest BCUT2D eigenvalue weighted by molar-refractivity contribution is 5.71. The van der Waals surface area contributed by atoms with E-state index < -0.39 is 12.2 Å². The number of ether oxygens (including phenoxy) is 1. The second-order valence-electron chi connectivity index (χ2n) is 5.92. The average Bonchev–Trinajstić information content (AvgIpc) is 3.10. The first-order valence-corrected chi connectivity index (χ1v) is 8.36. The zero-order valence-electron chi connectivity index (χ0n) is 13.9. The highest BCUT2D eigenvalue weighted by Crippen LogP contribution is 2.35. The van der Waals surface area contributed by atoms with Crippen LogP contribution in [0.15, 0.2) is 78.9 Å². The lowest BCUT2D eigenvalue weighted by atomic mass is 10.00. The lowest BCUT2D eigenvalue weighted by molar-refractivity contribution is 0.132. The monoisotopic (exact) mass is 340 g/mol. The van der Waals surface area contributed by atoms with Crippen molar-refractivity contribution in [3.8, 4) is 11.8 Å². The number of alkyl carbamates (subject to hydrolysis) is 1. The molecule has 0 bridgehead atoms. The number of benzene rings is 2. The van der Waals surface area contributed by atoms with Gasteiger partial charge in [-0.25, -0.2) is 9.78 Å². The van der Waals surface area contributed by atoms with Crippen LogP contribution in [-0.2, 0) is 4.74 Å². The molecule has 4 heteroatoms. The van der Waals surface area contributed by atoms with E-state index in [1.165, 1.54) is 0 Å². The molecule has 0 spiro atoms. The number of rotatable bonds is 2. The van der Waals surface area contributed by atoms with Crippen LogP contribution in [-0.4, -0.2) is 11.1 Å². The van der Waals surface area contributed by atoms with Gasteiger partial charge < -0.3 is 10.1 Å². The summed E-state index contributed by atoms with van der Waals surface area (Å²) in [6, 6.07) is 24.7. The molecular weight excluding hydrogens is 324 g/mol. The summed E-state index contributed by atoms with van der Waals surface area (Å²) >= 11 is 0. The molecule has 4 rings (SSSR count). The predicted molar refractivity (Wildman–Crippen MR) is 98.2 cm³/mol. The zero-order chi connectivity index (χ0) is 17.8. The highest BCUT2D eigenvalue weighted by Gasteiger charge is 2.37. The van der Waals surface area contributed by atoms with E-state index in [4.69, 9.17) is 4.74 Å². The van der Waals surface area contributed by atoms with Crippen molar-refractivity contribution >= 4 is 6.09 Å². The van der Waals surface area contributed by atoms with Gasteiger partial charge in [0.05, 0.1) is 5.69 Å². The van der Waals surface area contributed by atoms with Gasteiger partial charge in [-0.3, -0.25) is 0 Å². The largest absolute Gasteiger partial charge is 0.439 e. The Morgan fingerprint density at radius 1 is 0.846 bits per heavy atom. The number of hydrogen-bond donors (Lipinski definition) is 1. The maximum absolute atomic E-state index is 11.8. The summed E-state index contributed by atoms with van der Waals surface area (Å²) in [4.78, 5) is 16.4. The Kier molecular flexibility index (Phi) is 4.36. The molecule has 1 aromatic heterocycles. The number of pyridine rings is 1. The fourth-order valence-electron chi connectivity index (χ4n) is 2.90. The number of aromatic nitrogens is 1. The summed E-state index contributed by atoms with van der Waals surface area (Å²) in [7, 11) is 0. The second kappa shape index (κ2) is 7.12. The minimum atomic E-state index is -0.438. The normalized spacial score (nSPS) is 18.4. The molecule has 1 amide bonds. The molecule has 1 aliphatic heterocycles. The standard InChI is InChI=1S/C22H16N2O2/c25-22-24-20(21(26-22)17-10-5-2-6-11-17)19-13-7-12-18(23-19)15-14-16-8-3-1-4-9-16/h1-13,20-21H,(H,24,25)/t20-,21-/m1/s1. The zero-order valence-corrected chi connectivity index (χ0v) is 13.9. The van der Waals surface area contributed by atoms with Crippen molar-refractivity contribution in [1.82, 2.24) is 10.3 Å². The smallest absolute Gasteiger partial charge is 0.408 e. The summed E-state index contributed by atoms with van der Waals surface area (Å²) in [6.07, 6.45) is -0.847. The van der Waals surface area contributed by atoms with Crippen molar-refractivity contribution < 1.29 is 9.53 Å². The van der Waals surface area contributed by atoms with E-state index in [1.54, 1.807) is 0 Å². The summed E-state index contributed by atoms with van der Waals surface area (Å²) in [5.41, 5.74) is 3.24. The molecule has 3 aromatic rings. The number of nitrogens with zero attached hydrogens (tertiary/aromatic N) is 1. The van der Waals surface area contributed by atoms with Crippen LogP contribution < -0.4 is 5.32 Å². The Bertz CT molecular complexity index is 975. The van der Waals surface area contributed by atoms with Crippen molar-refractivity contribution in [2.75, 3.05) is 0 Å². The fourth-order valence-corrected chi connectivity index (χ4v) is 2.90. The lowest BCUT2D eigenvalue weighted by Crippen LogP contribution is -2.20. The molecule has 1 fully saturated rings. The van der Waals surface area contributed by atoms with Gasteiger partial charge in [-0.05, 0) is 35.7 Å². The number of nitrogens with one attached hydrogen (secondary N) is 1. The van der Waals surface area contributed by atoms with Gasteiger partial charge in [0.15, 0.2) is 6.10 Å². The van der Waals surface area contributed by atoms with Gasteiger partial charge >= 0.3 is 6.09 Å². The minimum absolute atomic E-state index is 0.344. The van der Waals surface area contributed by atoms with Gasteiger partial charge in [0.1, 0.15) is 11.7 Å². The first-order valence-electron chi connectivity index (χ1n) is 8.36. The van der Waals surface area contributed by atoms with Gasteiger partial charge in [0, 0.05) is 5.56 Å². The molecule has 0 aliphatic carbocycles. The van der Waals surface area contributed by atoms with E-state index in [1.807, 2.05) is 78.9 Å². The van der Waals surface area contributed by atoms with Crippen LogP contribution in [0.3, 0.4) is 0 Å². The molecule has 1 aliphatic rings. The van der Waals surface area contributed by atoms with Gasteiger partial charge in [-0.1, -0.05) is 60.5 Å². The minimum Gasteiger partial charge on any atom is -0.439 e. The van der Waals surface area contributed by atoms with Crippen molar-refractivity contribution in [1.29, 1.82) is 0 Å². The van der Waals surface area contributed by atoms with Crippen LogP contribution in [0.25, 0.3) is 0 Å². The Labute approximate surface area is 151 Å². The SMILES string of the molecule is O=C1N[C@H](c2cccc(C#Cc3ccccc3)n2)[C@@H](c2ccccc2)O1. The second-order valence-corrected chi connectivity index (χ2v) is 5.92. The Hall–Kier alpha value is -3.58. The van der Waals surface area contributed by atoms with E-state index in [-0.39, 0.29) is 6.04 Å². The van der Waals surface area contributed by atoms with E-state index >= 15 is 0 Å². The van der Waals surface area contributed by atoms with E-state index in [2.05, 4.69) is 22.1 Å². The topological polar surface area (TPSA) is 51.2 Å². The molecule has 1 N–H and O–H groups in total. The van der Waals surface area contributed by atoms with Crippen LogP contribution in [0.2, 0.25) is 0 Å². The maximum atomic E-state index is 11.8. The Morgan fingerprint density at radius 2 is 1.58 bits per heavy atom. The first-order chi connectivity index (χ1) is 12.8. The molecule has 0 radical (unpaired) electrons. The molecule has 0 unspecified atom stereocenters. The number of carbonyl (C=O) groups is 1. The third-order valence-corrected chi connectivity index (χ3v) is 4.14. The van der Waals surface area contributed by atoms with Crippen molar-refractivity contribution in [3.05, 3.63) is 101 Å². The number of cyclic esters (lactones) is 1. The predicted octanol–water partition coefficient (Wildman–Crippen LogP) is 4.00. The van der Waals surface area contributed by atoms with Crippen LogP contribution in [0.5, 0.6) is 0 Å². The van der Waals surface area contributed by atoms with E-state index in [0.717, 1.165) is 16.8 Å². The van der Waals surface area contributed by atoms with Crippen LogP contribution >= 0.6 is 0 Å². The molecule has 4 nitrogen and oxygen atoms in total. The third-order valence-electron chi connectivity index (χ3n) is 4.14. The fraction of sp³-hybridized carbons (Fsp3) is 0.0909.